The number of hydrogen-bond donors (Lipinski definition) is 2. The van der Waals surface area contributed by atoms with Gasteiger partial charge in [-0.1, -0.05) is 56.3 Å². The predicted octanol–water partition coefficient (Wildman–Crippen LogP) is 4.70. The van der Waals surface area contributed by atoms with E-state index < -0.39 is 0 Å². The van der Waals surface area contributed by atoms with Crippen LogP contribution in [0.4, 0.5) is 5.95 Å². The molecule has 0 radical (unpaired) electrons. The highest BCUT2D eigenvalue weighted by molar-refractivity contribution is 5.86. The maximum atomic E-state index is 6.20. The van der Waals surface area contributed by atoms with E-state index in [4.69, 9.17) is 14.7 Å². The highest BCUT2D eigenvalue weighted by Crippen LogP contribution is 2.28. The second-order valence-corrected chi connectivity index (χ2v) is 8.84. The summed E-state index contributed by atoms with van der Waals surface area (Å²) in [5.41, 5.74) is 3.09. The second-order valence-electron chi connectivity index (χ2n) is 8.84. The summed E-state index contributed by atoms with van der Waals surface area (Å²) < 4.78 is 7.99. The molecule has 166 valence electrons. The van der Waals surface area contributed by atoms with Crippen molar-refractivity contribution in [2.24, 2.45) is 0 Å². The van der Waals surface area contributed by atoms with Gasteiger partial charge in [-0.05, 0) is 48.6 Å². The van der Waals surface area contributed by atoms with Crippen LogP contribution < -0.4 is 15.4 Å². The normalized spacial score (nSPS) is 17.7. The van der Waals surface area contributed by atoms with Crippen LogP contribution in [0.5, 0.6) is 6.01 Å². The molecule has 1 fully saturated rings. The van der Waals surface area contributed by atoms with Crippen LogP contribution in [0.15, 0.2) is 48.7 Å². The van der Waals surface area contributed by atoms with Crippen LogP contribution in [-0.4, -0.2) is 38.8 Å². The number of benzene rings is 2. The minimum Gasteiger partial charge on any atom is -0.459 e. The van der Waals surface area contributed by atoms with E-state index in [9.17, 15) is 0 Å². The van der Waals surface area contributed by atoms with Gasteiger partial charge in [0, 0.05) is 12.1 Å². The molecule has 2 N–H and O–H groups in total. The monoisotopic (exact) mass is 430 g/mol. The molecule has 2 atom stereocenters. The van der Waals surface area contributed by atoms with Crippen molar-refractivity contribution in [1.82, 2.24) is 24.9 Å². The zero-order chi connectivity index (χ0) is 22.1. The Hall–Kier alpha value is -3.19. The Morgan fingerprint density at radius 3 is 2.72 bits per heavy atom. The summed E-state index contributed by atoms with van der Waals surface area (Å²) in [6, 6.07) is 15.3. The number of fused-ring (bicyclic) bond motifs is 2. The molecule has 0 amide bonds. The lowest BCUT2D eigenvalue weighted by Crippen LogP contribution is -2.37. The highest BCUT2D eigenvalue weighted by atomic mass is 16.5. The van der Waals surface area contributed by atoms with Crippen molar-refractivity contribution < 1.29 is 4.74 Å². The molecule has 0 spiro atoms. The van der Waals surface area contributed by atoms with E-state index in [1.54, 1.807) is 4.52 Å². The SMILES string of the molecule is CC(C)c1cnn2c(N[C@@H](C)c3cccc4ccccc34)nc(O[C@@H]3CCCNC3)nc12. The summed E-state index contributed by atoms with van der Waals surface area (Å²) in [5.74, 6) is 0.941. The minimum absolute atomic E-state index is 0.0232. The number of aromatic nitrogens is 4. The topological polar surface area (TPSA) is 76.4 Å². The third-order valence-corrected chi connectivity index (χ3v) is 6.16. The average Bonchev–Trinajstić information content (AvgIpc) is 3.24. The molecule has 5 rings (SSSR count). The van der Waals surface area contributed by atoms with Gasteiger partial charge in [0.2, 0.25) is 5.95 Å². The van der Waals surface area contributed by atoms with Crippen LogP contribution in [-0.2, 0) is 0 Å². The van der Waals surface area contributed by atoms with Gasteiger partial charge in [-0.3, -0.25) is 0 Å². The minimum atomic E-state index is 0.0232. The largest absolute Gasteiger partial charge is 0.459 e. The quantitative estimate of drug-likeness (QED) is 0.462. The summed E-state index contributed by atoms with van der Waals surface area (Å²) in [6.45, 7) is 8.30. The first-order valence-corrected chi connectivity index (χ1v) is 11.5. The Labute approximate surface area is 188 Å². The predicted molar refractivity (Wildman–Crippen MR) is 127 cm³/mol. The molecule has 1 saturated heterocycles. The van der Waals surface area contributed by atoms with Gasteiger partial charge in [-0.15, -0.1) is 0 Å². The van der Waals surface area contributed by atoms with E-state index in [-0.39, 0.29) is 12.1 Å². The molecule has 0 aliphatic carbocycles. The third-order valence-electron chi connectivity index (χ3n) is 6.16. The zero-order valence-electron chi connectivity index (χ0n) is 18.9. The number of hydrogen-bond acceptors (Lipinski definition) is 6. The molecule has 1 aliphatic heterocycles. The molecular formula is C25H30N6O. The molecule has 7 nitrogen and oxygen atoms in total. The van der Waals surface area contributed by atoms with Crippen molar-refractivity contribution in [3.05, 3.63) is 59.8 Å². The van der Waals surface area contributed by atoms with Crippen LogP contribution >= 0.6 is 0 Å². The van der Waals surface area contributed by atoms with Gasteiger partial charge in [0.25, 0.3) is 0 Å². The van der Waals surface area contributed by atoms with Gasteiger partial charge in [-0.2, -0.15) is 19.6 Å². The number of piperidine rings is 1. The van der Waals surface area contributed by atoms with Gasteiger partial charge in [0.15, 0.2) is 5.65 Å². The van der Waals surface area contributed by atoms with Gasteiger partial charge in [0.1, 0.15) is 6.10 Å². The molecule has 1 aliphatic rings. The van der Waals surface area contributed by atoms with Crippen molar-refractivity contribution in [2.45, 2.75) is 51.7 Å². The van der Waals surface area contributed by atoms with Gasteiger partial charge >= 0.3 is 6.01 Å². The summed E-state index contributed by atoms with van der Waals surface area (Å²) in [4.78, 5) is 9.48. The molecule has 0 unspecified atom stereocenters. The van der Waals surface area contributed by atoms with Gasteiger partial charge in [-0.25, -0.2) is 0 Å². The third kappa shape index (κ3) is 4.00. The number of nitrogens with zero attached hydrogens (tertiary/aromatic N) is 4. The van der Waals surface area contributed by atoms with E-state index in [1.165, 1.54) is 16.3 Å². The Balaban J connectivity index is 1.52. The van der Waals surface area contributed by atoms with Crippen molar-refractivity contribution >= 4 is 22.4 Å². The maximum absolute atomic E-state index is 6.20. The lowest BCUT2D eigenvalue weighted by molar-refractivity contribution is 0.153. The first-order chi connectivity index (χ1) is 15.6. The highest BCUT2D eigenvalue weighted by Gasteiger charge is 2.21. The van der Waals surface area contributed by atoms with Crippen LogP contribution in [0.2, 0.25) is 0 Å². The molecule has 3 heterocycles. The van der Waals surface area contributed by atoms with E-state index >= 15 is 0 Å². The van der Waals surface area contributed by atoms with Crippen molar-refractivity contribution in [3.8, 4) is 6.01 Å². The van der Waals surface area contributed by atoms with Crippen LogP contribution in [0.3, 0.4) is 0 Å². The van der Waals surface area contributed by atoms with E-state index in [0.29, 0.717) is 17.9 Å². The van der Waals surface area contributed by atoms with Crippen molar-refractivity contribution in [2.75, 3.05) is 18.4 Å². The molecule has 7 heteroatoms. The lowest BCUT2D eigenvalue weighted by atomic mass is 10.00. The summed E-state index contributed by atoms with van der Waals surface area (Å²) in [6.07, 6.45) is 4.07. The standard InChI is InChI=1S/C25H30N6O/c1-16(2)22-15-27-31-23(22)29-25(32-19-10-7-13-26-14-19)30-24(31)28-17(3)20-12-6-9-18-8-4-5-11-21(18)20/h4-6,8-9,11-12,15-17,19,26H,7,10,13-14H2,1-3H3,(H,28,29,30)/t17-,19+/m0/s1. The fraction of sp³-hybridized carbons (Fsp3) is 0.400. The molecule has 4 aromatic rings. The molecule has 0 saturated carbocycles. The lowest BCUT2D eigenvalue weighted by Gasteiger charge is -2.23. The fourth-order valence-corrected chi connectivity index (χ4v) is 4.40. The Bertz CT molecular complexity index is 1220. The number of anilines is 1. The van der Waals surface area contributed by atoms with Gasteiger partial charge in [0.05, 0.1) is 12.2 Å². The number of rotatable bonds is 6. The van der Waals surface area contributed by atoms with E-state index in [1.807, 2.05) is 6.20 Å². The first kappa shape index (κ1) is 20.7. The van der Waals surface area contributed by atoms with Crippen molar-refractivity contribution in [1.29, 1.82) is 0 Å². The molecule has 2 aromatic carbocycles. The van der Waals surface area contributed by atoms with Crippen molar-refractivity contribution in [3.63, 3.8) is 0 Å². The molecular weight excluding hydrogens is 400 g/mol. The molecule has 2 aromatic heterocycles. The summed E-state index contributed by atoms with van der Waals surface area (Å²) in [7, 11) is 0. The Kier molecular flexibility index (Phi) is 5.66. The van der Waals surface area contributed by atoms with Crippen LogP contribution in [0.25, 0.3) is 16.4 Å². The fourth-order valence-electron chi connectivity index (χ4n) is 4.40. The molecule has 32 heavy (non-hydrogen) atoms. The maximum Gasteiger partial charge on any atom is 0.322 e. The first-order valence-electron chi connectivity index (χ1n) is 11.5. The number of ether oxygens (including phenoxy) is 1. The number of nitrogens with one attached hydrogen (secondary N) is 2. The smallest absolute Gasteiger partial charge is 0.322 e. The zero-order valence-corrected chi connectivity index (χ0v) is 18.9. The van der Waals surface area contributed by atoms with Crippen LogP contribution in [0, 0.1) is 0 Å². The van der Waals surface area contributed by atoms with E-state index in [2.05, 4.69) is 79.0 Å². The Morgan fingerprint density at radius 1 is 1.06 bits per heavy atom. The van der Waals surface area contributed by atoms with Crippen LogP contribution in [0.1, 0.15) is 56.7 Å². The van der Waals surface area contributed by atoms with Gasteiger partial charge < -0.3 is 15.4 Å². The second kappa shape index (κ2) is 8.74. The Morgan fingerprint density at radius 2 is 1.91 bits per heavy atom. The molecule has 0 bridgehead atoms. The van der Waals surface area contributed by atoms with E-state index in [0.717, 1.165) is 37.1 Å². The average molecular weight is 431 g/mol. The summed E-state index contributed by atoms with van der Waals surface area (Å²) in [5, 5.41) is 14.0. The summed E-state index contributed by atoms with van der Waals surface area (Å²) >= 11 is 0.